The molecule has 0 fully saturated rings. The van der Waals surface area contributed by atoms with E-state index in [9.17, 15) is 4.79 Å². The van der Waals surface area contributed by atoms with Gasteiger partial charge < -0.3 is 4.74 Å². The van der Waals surface area contributed by atoms with Crippen LogP contribution in [-0.4, -0.2) is 12.6 Å². The van der Waals surface area contributed by atoms with Gasteiger partial charge in [-0.25, -0.2) is 4.79 Å². The van der Waals surface area contributed by atoms with Crippen molar-refractivity contribution in [2.45, 2.75) is 20.8 Å². The molecule has 0 unspecified atom stereocenters. The minimum absolute atomic E-state index is 0.281. The molecule has 1 rings (SSSR count). The zero-order valence-electron chi connectivity index (χ0n) is 9.41. The second-order valence-electron chi connectivity index (χ2n) is 3.45. The van der Waals surface area contributed by atoms with Crippen molar-refractivity contribution in [3.63, 3.8) is 0 Å². The van der Waals surface area contributed by atoms with Gasteiger partial charge in [0.25, 0.3) is 0 Å². The molecule has 0 saturated carbocycles. The minimum Gasteiger partial charge on any atom is -0.463 e. The van der Waals surface area contributed by atoms with Crippen molar-refractivity contribution in [2.75, 3.05) is 6.61 Å². The Labute approximate surface area is 90.6 Å². The molecule has 15 heavy (non-hydrogen) atoms. The maximum atomic E-state index is 11.2. The molecule has 0 aliphatic heterocycles. The van der Waals surface area contributed by atoms with E-state index in [1.54, 1.807) is 6.92 Å². The molecular formula is C13H16O2. The number of aryl methyl sites for hydroxylation is 1. The third-order valence-electron chi connectivity index (χ3n) is 2.09. The largest absolute Gasteiger partial charge is 0.463 e. The number of hydrogen-bond acceptors (Lipinski definition) is 2. The van der Waals surface area contributed by atoms with Gasteiger partial charge in [0, 0.05) is 6.08 Å². The number of rotatable bonds is 3. The summed E-state index contributed by atoms with van der Waals surface area (Å²) in [6.07, 6.45) is 1.53. The highest BCUT2D eigenvalue weighted by Crippen LogP contribution is 2.14. The maximum Gasteiger partial charge on any atom is 0.331 e. The molecule has 0 heterocycles. The number of benzene rings is 1. The number of carbonyl (C=O) groups is 1. The highest BCUT2D eigenvalue weighted by atomic mass is 16.5. The van der Waals surface area contributed by atoms with Crippen LogP contribution in [0, 0.1) is 6.92 Å². The van der Waals surface area contributed by atoms with Crippen molar-refractivity contribution in [3.05, 3.63) is 41.5 Å². The van der Waals surface area contributed by atoms with E-state index in [4.69, 9.17) is 4.74 Å². The molecule has 0 amide bonds. The highest BCUT2D eigenvalue weighted by molar-refractivity contribution is 5.90. The first-order valence-corrected chi connectivity index (χ1v) is 5.05. The Morgan fingerprint density at radius 2 is 2.20 bits per heavy atom. The normalized spacial score (nSPS) is 11.3. The van der Waals surface area contributed by atoms with Gasteiger partial charge in [0.2, 0.25) is 0 Å². The van der Waals surface area contributed by atoms with Crippen LogP contribution in [0.3, 0.4) is 0 Å². The van der Waals surface area contributed by atoms with Crippen molar-refractivity contribution >= 4 is 11.5 Å². The van der Waals surface area contributed by atoms with Gasteiger partial charge >= 0.3 is 5.97 Å². The van der Waals surface area contributed by atoms with E-state index in [1.807, 2.05) is 38.1 Å². The number of allylic oxidation sites excluding steroid dienone is 1. The smallest absolute Gasteiger partial charge is 0.331 e. The summed E-state index contributed by atoms with van der Waals surface area (Å²) < 4.78 is 4.85. The first-order chi connectivity index (χ1) is 7.13. The predicted molar refractivity (Wildman–Crippen MR) is 61.5 cm³/mol. The van der Waals surface area contributed by atoms with Crippen LogP contribution < -0.4 is 0 Å². The van der Waals surface area contributed by atoms with Gasteiger partial charge in [0.05, 0.1) is 6.61 Å². The van der Waals surface area contributed by atoms with Crippen LogP contribution in [0.5, 0.6) is 0 Å². The van der Waals surface area contributed by atoms with E-state index in [0.29, 0.717) is 6.61 Å². The summed E-state index contributed by atoms with van der Waals surface area (Å²) in [4.78, 5) is 11.2. The van der Waals surface area contributed by atoms with Gasteiger partial charge in [-0.05, 0) is 31.9 Å². The van der Waals surface area contributed by atoms with E-state index in [2.05, 4.69) is 0 Å². The van der Waals surface area contributed by atoms with Gasteiger partial charge in [-0.15, -0.1) is 0 Å². The Hall–Kier alpha value is -1.57. The van der Waals surface area contributed by atoms with Crippen LogP contribution in [0.1, 0.15) is 25.0 Å². The Bertz CT molecular complexity index is 378. The SMILES string of the molecule is CCOC(=O)/C=C(\C)c1cccc(C)c1. The molecule has 0 atom stereocenters. The lowest BCUT2D eigenvalue weighted by atomic mass is 10.1. The molecule has 2 nitrogen and oxygen atoms in total. The monoisotopic (exact) mass is 204 g/mol. The molecule has 2 heteroatoms. The van der Waals surface area contributed by atoms with Crippen LogP contribution in [0.2, 0.25) is 0 Å². The molecule has 1 aromatic carbocycles. The lowest BCUT2D eigenvalue weighted by Crippen LogP contribution is -2.00. The number of ether oxygens (including phenoxy) is 1. The maximum absolute atomic E-state index is 11.2. The molecule has 0 saturated heterocycles. The lowest BCUT2D eigenvalue weighted by Gasteiger charge is -2.02. The molecule has 0 aromatic heterocycles. The fourth-order valence-corrected chi connectivity index (χ4v) is 1.33. The Balaban J connectivity index is 2.84. The summed E-state index contributed by atoms with van der Waals surface area (Å²) >= 11 is 0. The van der Waals surface area contributed by atoms with E-state index in [1.165, 1.54) is 11.6 Å². The van der Waals surface area contributed by atoms with Crippen molar-refractivity contribution in [1.29, 1.82) is 0 Å². The van der Waals surface area contributed by atoms with Gasteiger partial charge in [0.1, 0.15) is 0 Å². The fraction of sp³-hybridized carbons (Fsp3) is 0.308. The van der Waals surface area contributed by atoms with Crippen LogP contribution in [-0.2, 0) is 9.53 Å². The summed E-state index contributed by atoms with van der Waals surface area (Å²) in [7, 11) is 0. The molecule has 1 aromatic rings. The first kappa shape index (κ1) is 11.5. The topological polar surface area (TPSA) is 26.3 Å². The predicted octanol–water partition coefficient (Wildman–Crippen LogP) is 2.96. The minimum atomic E-state index is -0.281. The summed E-state index contributed by atoms with van der Waals surface area (Å²) in [6, 6.07) is 8.04. The third-order valence-corrected chi connectivity index (χ3v) is 2.09. The first-order valence-electron chi connectivity index (χ1n) is 5.05. The molecule has 0 aliphatic rings. The van der Waals surface area contributed by atoms with Crippen LogP contribution in [0.15, 0.2) is 30.3 Å². The average Bonchev–Trinajstić information content (AvgIpc) is 2.18. The number of carbonyl (C=O) groups excluding carboxylic acids is 1. The lowest BCUT2D eigenvalue weighted by molar-refractivity contribution is -0.137. The summed E-state index contributed by atoms with van der Waals surface area (Å²) in [5, 5.41) is 0. The second kappa shape index (κ2) is 5.35. The average molecular weight is 204 g/mol. The molecular weight excluding hydrogens is 188 g/mol. The molecule has 0 N–H and O–H groups in total. The molecule has 0 radical (unpaired) electrons. The number of esters is 1. The second-order valence-corrected chi connectivity index (χ2v) is 3.45. The molecule has 0 aliphatic carbocycles. The summed E-state index contributed by atoms with van der Waals surface area (Å²) in [5.41, 5.74) is 3.17. The van der Waals surface area contributed by atoms with Crippen LogP contribution in [0.25, 0.3) is 5.57 Å². The summed E-state index contributed by atoms with van der Waals surface area (Å²) in [5.74, 6) is -0.281. The van der Waals surface area contributed by atoms with E-state index in [0.717, 1.165) is 11.1 Å². The van der Waals surface area contributed by atoms with Crippen LogP contribution in [0.4, 0.5) is 0 Å². The van der Waals surface area contributed by atoms with Gasteiger partial charge in [0.15, 0.2) is 0 Å². The van der Waals surface area contributed by atoms with E-state index >= 15 is 0 Å². The highest BCUT2D eigenvalue weighted by Gasteiger charge is 2.00. The Morgan fingerprint density at radius 3 is 2.80 bits per heavy atom. The zero-order chi connectivity index (χ0) is 11.3. The Kier molecular flexibility index (Phi) is 4.10. The molecule has 0 bridgehead atoms. The standard InChI is InChI=1S/C13H16O2/c1-4-15-13(14)9-11(3)12-7-5-6-10(2)8-12/h5-9H,4H2,1-3H3/b11-9+. The summed E-state index contributed by atoms with van der Waals surface area (Å²) in [6.45, 7) is 6.15. The van der Waals surface area contributed by atoms with E-state index in [-0.39, 0.29) is 5.97 Å². The van der Waals surface area contributed by atoms with Gasteiger partial charge in [-0.1, -0.05) is 29.8 Å². The number of hydrogen-bond donors (Lipinski definition) is 0. The molecule has 0 spiro atoms. The van der Waals surface area contributed by atoms with Crippen molar-refractivity contribution in [1.82, 2.24) is 0 Å². The quantitative estimate of drug-likeness (QED) is 0.559. The fourth-order valence-electron chi connectivity index (χ4n) is 1.33. The molecule has 80 valence electrons. The van der Waals surface area contributed by atoms with Crippen LogP contribution >= 0.6 is 0 Å². The van der Waals surface area contributed by atoms with Crippen molar-refractivity contribution < 1.29 is 9.53 Å². The van der Waals surface area contributed by atoms with Crippen molar-refractivity contribution in [2.24, 2.45) is 0 Å². The third kappa shape index (κ3) is 3.58. The Morgan fingerprint density at radius 1 is 1.47 bits per heavy atom. The van der Waals surface area contributed by atoms with Gasteiger partial charge in [-0.2, -0.15) is 0 Å². The zero-order valence-corrected chi connectivity index (χ0v) is 9.41. The van der Waals surface area contributed by atoms with Crippen molar-refractivity contribution in [3.8, 4) is 0 Å². The van der Waals surface area contributed by atoms with E-state index < -0.39 is 0 Å². The van der Waals surface area contributed by atoms with Gasteiger partial charge in [-0.3, -0.25) is 0 Å².